The minimum atomic E-state index is -0.394. The van der Waals surface area contributed by atoms with Crippen LogP contribution in [0, 0.1) is 6.92 Å². The van der Waals surface area contributed by atoms with E-state index in [0.29, 0.717) is 40.1 Å². The molecule has 0 bridgehead atoms. The number of aryl methyl sites for hydroxylation is 1. The van der Waals surface area contributed by atoms with Crippen LogP contribution in [0.25, 0.3) is 16.2 Å². The molecule has 0 amide bonds. The van der Waals surface area contributed by atoms with Crippen LogP contribution in [0.4, 0.5) is 0 Å². The van der Waals surface area contributed by atoms with Gasteiger partial charge in [-0.05, 0) is 45.0 Å². The maximum absolute atomic E-state index is 12.0. The van der Waals surface area contributed by atoms with E-state index < -0.39 is 5.97 Å². The summed E-state index contributed by atoms with van der Waals surface area (Å²) in [4.78, 5) is 29.3. The van der Waals surface area contributed by atoms with Crippen LogP contribution in [0.2, 0.25) is 0 Å². The first-order chi connectivity index (χ1) is 12.1. The predicted molar refractivity (Wildman–Crippen MR) is 95.8 cm³/mol. The zero-order valence-corrected chi connectivity index (χ0v) is 15.1. The Morgan fingerprint density at radius 1 is 1.24 bits per heavy atom. The molecule has 0 atom stereocenters. The summed E-state index contributed by atoms with van der Waals surface area (Å²) >= 11 is 1.22. The smallest absolute Gasteiger partial charge is 0.350 e. The summed E-state index contributed by atoms with van der Waals surface area (Å²) in [5.74, 6) is 0.371. The van der Waals surface area contributed by atoms with Gasteiger partial charge in [0, 0.05) is 11.3 Å². The molecule has 1 aromatic carbocycles. The normalized spacial score (nSPS) is 10.8. The highest BCUT2D eigenvalue weighted by Gasteiger charge is 2.23. The summed E-state index contributed by atoms with van der Waals surface area (Å²) in [6.45, 7) is 6.36. The van der Waals surface area contributed by atoms with E-state index in [1.54, 1.807) is 18.2 Å². The number of esters is 1. The Morgan fingerprint density at radius 3 is 2.56 bits per heavy atom. The molecule has 0 radical (unpaired) electrons. The third-order valence-electron chi connectivity index (χ3n) is 3.75. The molecular weight excluding hydrogens is 340 g/mol. The van der Waals surface area contributed by atoms with Crippen molar-refractivity contribution < 1.29 is 19.1 Å². The van der Waals surface area contributed by atoms with Gasteiger partial charge in [0.1, 0.15) is 22.0 Å². The van der Waals surface area contributed by atoms with Crippen LogP contribution in [0.15, 0.2) is 24.3 Å². The maximum Gasteiger partial charge on any atom is 0.350 e. The van der Waals surface area contributed by atoms with Gasteiger partial charge in [-0.3, -0.25) is 9.20 Å². The standard InChI is InChI=1S/C18H18N2O4S/c1-4-23-13-8-6-12(7-9-13)15-14(10-21)20-11(3)16(17(22)24-5-2)25-18(20)19-15/h6-10H,4-5H2,1-3H3. The number of carbonyl (C=O) groups is 2. The van der Waals surface area contributed by atoms with Gasteiger partial charge in [-0.1, -0.05) is 11.3 Å². The molecule has 3 rings (SSSR count). The predicted octanol–water partition coefficient (Wildman–Crippen LogP) is 3.76. The van der Waals surface area contributed by atoms with Crippen molar-refractivity contribution >= 4 is 28.6 Å². The van der Waals surface area contributed by atoms with E-state index in [9.17, 15) is 9.59 Å². The fraction of sp³-hybridized carbons (Fsp3) is 0.278. The number of imidazole rings is 1. The van der Waals surface area contributed by atoms with Crippen molar-refractivity contribution in [1.82, 2.24) is 9.38 Å². The number of hydrogen-bond acceptors (Lipinski definition) is 6. The number of aromatic nitrogens is 2. The number of fused-ring (bicyclic) bond motifs is 1. The summed E-state index contributed by atoms with van der Waals surface area (Å²) in [5.41, 5.74) is 2.48. The minimum Gasteiger partial charge on any atom is -0.494 e. The number of thiazole rings is 1. The number of nitrogens with zero attached hydrogens (tertiary/aromatic N) is 2. The molecule has 0 N–H and O–H groups in total. The first kappa shape index (κ1) is 17.2. The molecule has 2 heterocycles. The molecule has 0 aliphatic heterocycles. The second kappa shape index (κ2) is 7.06. The molecule has 7 heteroatoms. The average molecular weight is 358 g/mol. The van der Waals surface area contributed by atoms with Gasteiger partial charge in [0.25, 0.3) is 0 Å². The van der Waals surface area contributed by atoms with Crippen LogP contribution >= 0.6 is 11.3 Å². The molecule has 0 aliphatic rings. The van der Waals surface area contributed by atoms with Crippen molar-refractivity contribution in [2.24, 2.45) is 0 Å². The van der Waals surface area contributed by atoms with E-state index in [-0.39, 0.29) is 0 Å². The zero-order chi connectivity index (χ0) is 18.0. The van der Waals surface area contributed by atoms with E-state index in [2.05, 4.69) is 4.98 Å². The van der Waals surface area contributed by atoms with Gasteiger partial charge >= 0.3 is 5.97 Å². The van der Waals surface area contributed by atoms with Gasteiger partial charge in [-0.2, -0.15) is 0 Å². The summed E-state index contributed by atoms with van der Waals surface area (Å²) in [7, 11) is 0. The van der Waals surface area contributed by atoms with Crippen LogP contribution in [-0.2, 0) is 4.74 Å². The zero-order valence-electron chi connectivity index (χ0n) is 14.2. The van der Waals surface area contributed by atoms with Crippen LogP contribution in [-0.4, -0.2) is 34.9 Å². The van der Waals surface area contributed by atoms with E-state index in [4.69, 9.17) is 9.47 Å². The Balaban J connectivity index is 2.08. The average Bonchev–Trinajstić information content (AvgIpc) is 3.13. The van der Waals surface area contributed by atoms with Gasteiger partial charge in [0.15, 0.2) is 11.2 Å². The maximum atomic E-state index is 12.0. The largest absolute Gasteiger partial charge is 0.494 e. The fourth-order valence-corrected chi connectivity index (χ4v) is 3.68. The molecule has 6 nitrogen and oxygen atoms in total. The molecule has 0 aliphatic carbocycles. The molecule has 3 aromatic rings. The van der Waals surface area contributed by atoms with Gasteiger partial charge in [-0.25, -0.2) is 9.78 Å². The third-order valence-corrected chi connectivity index (χ3v) is 4.87. The number of hydrogen-bond donors (Lipinski definition) is 0. The lowest BCUT2D eigenvalue weighted by molar-refractivity contribution is 0.0530. The van der Waals surface area contributed by atoms with Crippen molar-refractivity contribution in [3.63, 3.8) is 0 Å². The first-order valence-corrected chi connectivity index (χ1v) is 8.79. The van der Waals surface area contributed by atoms with Crippen molar-refractivity contribution in [1.29, 1.82) is 0 Å². The Kier molecular flexibility index (Phi) is 4.85. The SMILES string of the molecule is CCOC(=O)c1sc2nc(-c3ccc(OCC)cc3)c(C=O)n2c1C. The van der Waals surface area contributed by atoms with Crippen molar-refractivity contribution in [3.8, 4) is 17.0 Å². The first-order valence-electron chi connectivity index (χ1n) is 7.98. The Morgan fingerprint density at radius 2 is 1.96 bits per heavy atom. The number of ether oxygens (including phenoxy) is 2. The van der Waals surface area contributed by atoms with Crippen molar-refractivity contribution in [2.45, 2.75) is 20.8 Å². The number of benzene rings is 1. The number of carbonyl (C=O) groups excluding carboxylic acids is 2. The summed E-state index contributed by atoms with van der Waals surface area (Å²) in [6, 6.07) is 7.42. The Hall–Kier alpha value is -2.67. The number of aldehydes is 1. The lowest BCUT2D eigenvalue weighted by Gasteiger charge is -2.04. The highest BCUT2D eigenvalue weighted by atomic mass is 32.1. The summed E-state index contributed by atoms with van der Waals surface area (Å²) in [6.07, 6.45) is 0.764. The highest BCUT2D eigenvalue weighted by Crippen LogP contribution is 2.31. The van der Waals surface area contributed by atoms with Gasteiger partial charge in [0.2, 0.25) is 0 Å². The lowest BCUT2D eigenvalue weighted by atomic mass is 10.1. The second-order valence-electron chi connectivity index (χ2n) is 5.28. The van der Waals surface area contributed by atoms with Crippen LogP contribution < -0.4 is 4.74 Å². The highest BCUT2D eigenvalue weighted by molar-refractivity contribution is 7.19. The van der Waals surface area contributed by atoms with Crippen molar-refractivity contribution in [2.75, 3.05) is 13.2 Å². The van der Waals surface area contributed by atoms with Gasteiger partial charge in [-0.15, -0.1) is 0 Å². The van der Waals surface area contributed by atoms with Crippen molar-refractivity contribution in [3.05, 3.63) is 40.5 Å². The van der Waals surface area contributed by atoms with Gasteiger partial charge in [0.05, 0.1) is 13.2 Å². The molecule has 0 saturated heterocycles. The minimum absolute atomic E-state index is 0.302. The van der Waals surface area contributed by atoms with E-state index in [1.807, 2.05) is 31.2 Å². The molecule has 0 saturated carbocycles. The number of rotatable bonds is 6. The molecule has 0 spiro atoms. The van der Waals surface area contributed by atoms with E-state index in [0.717, 1.165) is 17.6 Å². The molecule has 130 valence electrons. The van der Waals surface area contributed by atoms with Gasteiger partial charge < -0.3 is 9.47 Å². The topological polar surface area (TPSA) is 69.9 Å². The molecule has 0 fully saturated rings. The molecular formula is C18H18N2O4S. The summed E-state index contributed by atoms with van der Waals surface area (Å²) in [5, 5.41) is 0. The lowest BCUT2D eigenvalue weighted by Crippen LogP contribution is -2.05. The third kappa shape index (κ3) is 3.02. The fourth-order valence-electron chi connectivity index (χ4n) is 2.65. The summed E-state index contributed by atoms with van der Waals surface area (Å²) < 4.78 is 12.2. The second-order valence-corrected chi connectivity index (χ2v) is 6.25. The van der Waals surface area contributed by atoms with E-state index in [1.165, 1.54) is 11.3 Å². The van der Waals surface area contributed by atoms with Crippen LogP contribution in [0.3, 0.4) is 0 Å². The molecule has 25 heavy (non-hydrogen) atoms. The quantitative estimate of drug-likeness (QED) is 0.496. The Labute approximate surface area is 149 Å². The van der Waals surface area contributed by atoms with E-state index >= 15 is 0 Å². The Bertz CT molecular complexity index is 925. The van der Waals surface area contributed by atoms with Crippen LogP contribution in [0.1, 0.15) is 39.7 Å². The van der Waals surface area contributed by atoms with Crippen LogP contribution in [0.5, 0.6) is 5.75 Å². The molecule has 2 aromatic heterocycles. The molecule has 0 unspecified atom stereocenters. The monoisotopic (exact) mass is 358 g/mol.